The Kier molecular flexibility index (Phi) is 3.57. The van der Waals surface area contributed by atoms with Crippen LogP contribution in [0.5, 0.6) is 0 Å². The van der Waals surface area contributed by atoms with E-state index < -0.39 is 0 Å². The monoisotopic (exact) mass is 235 g/mol. The van der Waals surface area contributed by atoms with Crippen molar-refractivity contribution in [3.05, 3.63) is 17.0 Å². The summed E-state index contributed by atoms with van der Waals surface area (Å²) in [6.45, 7) is 8.80. The first-order chi connectivity index (χ1) is 8.04. The molecule has 1 aromatic heterocycles. The van der Waals surface area contributed by atoms with E-state index in [1.807, 2.05) is 11.7 Å². The Morgan fingerprint density at radius 2 is 2.18 bits per heavy atom. The summed E-state index contributed by atoms with van der Waals surface area (Å²) < 4.78 is 1.99. The van der Waals surface area contributed by atoms with Crippen molar-refractivity contribution >= 4 is 0 Å². The molecule has 0 aromatic carbocycles. The summed E-state index contributed by atoms with van der Waals surface area (Å²) in [6.07, 6.45) is 4.04. The molecule has 1 aliphatic carbocycles. The molecule has 1 N–H and O–H groups in total. The van der Waals surface area contributed by atoms with Crippen LogP contribution in [0.25, 0.3) is 0 Å². The molecule has 1 aromatic rings. The van der Waals surface area contributed by atoms with E-state index in [4.69, 9.17) is 0 Å². The lowest BCUT2D eigenvalue weighted by atomic mass is 10.1. The summed E-state index contributed by atoms with van der Waals surface area (Å²) in [5.74, 6) is 0.916. The second kappa shape index (κ2) is 4.81. The standard InChI is InChI=1S/C14H25N3/c1-6-7-12-8-13(12)15-9(2)14-10(3)16-17(5)11(14)4/h9,12-13,15H,6-8H2,1-5H3. The molecule has 0 saturated heterocycles. The van der Waals surface area contributed by atoms with E-state index in [0.29, 0.717) is 6.04 Å². The highest BCUT2D eigenvalue weighted by Crippen LogP contribution is 2.36. The molecule has 1 heterocycles. The number of aromatic nitrogens is 2. The van der Waals surface area contributed by atoms with Crippen LogP contribution in [-0.2, 0) is 7.05 Å². The number of nitrogens with zero attached hydrogens (tertiary/aromatic N) is 2. The van der Waals surface area contributed by atoms with E-state index in [-0.39, 0.29) is 0 Å². The van der Waals surface area contributed by atoms with Crippen LogP contribution in [0, 0.1) is 19.8 Å². The molecular formula is C14H25N3. The zero-order valence-corrected chi connectivity index (χ0v) is 11.7. The maximum Gasteiger partial charge on any atom is 0.0644 e. The van der Waals surface area contributed by atoms with Gasteiger partial charge >= 0.3 is 0 Å². The quantitative estimate of drug-likeness (QED) is 0.850. The molecular weight excluding hydrogens is 210 g/mol. The Labute approximate surface area is 105 Å². The predicted octanol–water partition coefficient (Wildman–Crippen LogP) is 2.88. The van der Waals surface area contributed by atoms with Gasteiger partial charge in [0.25, 0.3) is 0 Å². The minimum Gasteiger partial charge on any atom is -0.307 e. The molecule has 0 spiro atoms. The van der Waals surface area contributed by atoms with Crippen LogP contribution in [0.2, 0.25) is 0 Å². The first-order valence-corrected chi connectivity index (χ1v) is 6.80. The van der Waals surface area contributed by atoms with E-state index in [1.54, 1.807) is 0 Å². The number of hydrogen-bond acceptors (Lipinski definition) is 2. The van der Waals surface area contributed by atoms with E-state index in [1.165, 1.54) is 30.5 Å². The van der Waals surface area contributed by atoms with Crippen molar-refractivity contribution in [2.45, 2.75) is 59.0 Å². The zero-order valence-electron chi connectivity index (χ0n) is 11.7. The van der Waals surface area contributed by atoms with E-state index in [9.17, 15) is 0 Å². The van der Waals surface area contributed by atoms with Crippen molar-refractivity contribution in [3.63, 3.8) is 0 Å². The fourth-order valence-corrected chi connectivity index (χ4v) is 2.96. The van der Waals surface area contributed by atoms with Gasteiger partial charge in [-0.05, 0) is 39.5 Å². The maximum absolute atomic E-state index is 4.49. The van der Waals surface area contributed by atoms with Gasteiger partial charge in [0.1, 0.15) is 0 Å². The summed E-state index contributed by atoms with van der Waals surface area (Å²) in [6, 6.07) is 1.17. The smallest absolute Gasteiger partial charge is 0.0644 e. The Hall–Kier alpha value is -0.830. The lowest BCUT2D eigenvalue weighted by molar-refractivity contribution is 0.526. The van der Waals surface area contributed by atoms with Gasteiger partial charge in [-0.3, -0.25) is 4.68 Å². The molecule has 3 unspecified atom stereocenters. The van der Waals surface area contributed by atoms with Gasteiger partial charge < -0.3 is 5.32 Å². The van der Waals surface area contributed by atoms with E-state index in [0.717, 1.165) is 17.7 Å². The molecule has 17 heavy (non-hydrogen) atoms. The topological polar surface area (TPSA) is 29.9 Å². The van der Waals surface area contributed by atoms with Crippen LogP contribution in [0.15, 0.2) is 0 Å². The third-order valence-corrected chi connectivity index (χ3v) is 4.04. The van der Waals surface area contributed by atoms with Crippen molar-refractivity contribution in [1.29, 1.82) is 0 Å². The summed E-state index contributed by atoms with van der Waals surface area (Å²) in [7, 11) is 2.02. The molecule has 1 saturated carbocycles. The van der Waals surface area contributed by atoms with Gasteiger partial charge in [0.05, 0.1) is 5.69 Å². The average molecular weight is 235 g/mol. The summed E-state index contributed by atoms with van der Waals surface area (Å²) >= 11 is 0. The number of rotatable bonds is 5. The van der Waals surface area contributed by atoms with Crippen LogP contribution in [0.1, 0.15) is 56.1 Å². The molecule has 3 nitrogen and oxygen atoms in total. The van der Waals surface area contributed by atoms with Crippen molar-refractivity contribution in [1.82, 2.24) is 15.1 Å². The summed E-state index contributed by atoms with van der Waals surface area (Å²) in [5.41, 5.74) is 3.84. The van der Waals surface area contributed by atoms with Crippen LogP contribution >= 0.6 is 0 Å². The highest BCUT2D eigenvalue weighted by Gasteiger charge is 2.37. The molecule has 0 aliphatic heterocycles. The van der Waals surface area contributed by atoms with Crippen molar-refractivity contribution in [2.24, 2.45) is 13.0 Å². The molecule has 2 rings (SSSR count). The molecule has 1 fully saturated rings. The normalized spacial score (nSPS) is 25.0. The fraction of sp³-hybridized carbons (Fsp3) is 0.786. The van der Waals surface area contributed by atoms with Gasteiger partial charge in [0, 0.05) is 30.4 Å². The van der Waals surface area contributed by atoms with Gasteiger partial charge in [-0.25, -0.2) is 0 Å². The highest BCUT2D eigenvalue weighted by atomic mass is 15.3. The van der Waals surface area contributed by atoms with Gasteiger partial charge in [0.15, 0.2) is 0 Å². The second-order valence-corrected chi connectivity index (χ2v) is 5.49. The molecule has 96 valence electrons. The van der Waals surface area contributed by atoms with Gasteiger partial charge in [0.2, 0.25) is 0 Å². The third kappa shape index (κ3) is 2.54. The van der Waals surface area contributed by atoms with Crippen molar-refractivity contribution in [3.8, 4) is 0 Å². The SMILES string of the molecule is CCCC1CC1NC(C)c1c(C)nn(C)c1C. The minimum absolute atomic E-state index is 0.426. The highest BCUT2D eigenvalue weighted by molar-refractivity contribution is 5.28. The summed E-state index contributed by atoms with van der Waals surface area (Å²) in [4.78, 5) is 0. The Balaban J connectivity index is 1.98. The lowest BCUT2D eigenvalue weighted by Gasteiger charge is -2.14. The number of nitrogens with one attached hydrogen (secondary N) is 1. The Bertz CT molecular complexity index is 394. The van der Waals surface area contributed by atoms with Crippen molar-refractivity contribution in [2.75, 3.05) is 0 Å². The Morgan fingerprint density at radius 3 is 2.71 bits per heavy atom. The largest absolute Gasteiger partial charge is 0.307 e. The number of aryl methyl sites for hydroxylation is 2. The van der Waals surface area contributed by atoms with Crippen molar-refractivity contribution < 1.29 is 0 Å². The van der Waals surface area contributed by atoms with Gasteiger partial charge in [-0.15, -0.1) is 0 Å². The first-order valence-electron chi connectivity index (χ1n) is 6.80. The van der Waals surface area contributed by atoms with E-state index in [2.05, 4.69) is 38.1 Å². The maximum atomic E-state index is 4.49. The lowest BCUT2D eigenvalue weighted by Crippen LogP contribution is -2.23. The van der Waals surface area contributed by atoms with Gasteiger partial charge in [-0.1, -0.05) is 13.3 Å². The molecule has 0 bridgehead atoms. The van der Waals surface area contributed by atoms with E-state index >= 15 is 0 Å². The van der Waals surface area contributed by atoms with Crippen LogP contribution < -0.4 is 5.32 Å². The number of hydrogen-bond donors (Lipinski definition) is 1. The zero-order chi connectivity index (χ0) is 12.6. The van der Waals surface area contributed by atoms with Crippen LogP contribution in [0.3, 0.4) is 0 Å². The molecule has 1 aliphatic rings. The first kappa shape index (κ1) is 12.6. The van der Waals surface area contributed by atoms with Crippen LogP contribution in [0.4, 0.5) is 0 Å². The summed E-state index contributed by atoms with van der Waals surface area (Å²) in [5, 5.41) is 8.24. The fourth-order valence-electron chi connectivity index (χ4n) is 2.96. The third-order valence-electron chi connectivity index (χ3n) is 4.04. The predicted molar refractivity (Wildman–Crippen MR) is 71.0 cm³/mol. The Morgan fingerprint density at radius 1 is 1.47 bits per heavy atom. The van der Waals surface area contributed by atoms with Gasteiger partial charge in [-0.2, -0.15) is 5.10 Å². The minimum atomic E-state index is 0.426. The van der Waals surface area contributed by atoms with Crippen LogP contribution in [-0.4, -0.2) is 15.8 Å². The molecule has 0 amide bonds. The average Bonchev–Trinajstić information content (AvgIpc) is 2.90. The second-order valence-electron chi connectivity index (χ2n) is 5.49. The molecule has 3 atom stereocenters. The molecule has 3 heteroatoms. The molecule has 0 radical (unpaired) electrons.